The van der Waals surface area contributed by atoms with Crippen LogP contribution in [0, 0.1) is 5.82 Å². The average Bonchev–Trinajstić information content (AvgIpc) is 2.78. The van der Waals surface area contributed by atoms with Crippen LogP contribution in [0.4, 0.5) is 10.1 Å². The molecule has 0 saturated carbocycles. The topological polar surface area (TPSA) is 35.9 Å². The Balaban J connectivity index is 0.000000921. The lowest BCUT2D eigenvalue weighted by molar-refractivity contribution is 0.275. The van der Waals surface area contributed by atoms with Gasteiger partial charge in [-0.15, -0.1) is 0 Å². The molecule has 0 spiro atoms. The van der Waals surface area contributed by atoms with Crippen molar-refractivity contribution in [1.82, 2.24) is 4.31 Å². The minimum Gasteiger partial charge on any atom is -0.497 e. The molecule has 1 saturated heterocycles. The number of methoxy groups -OCH3 is 1. The third-order valence-electron chi connectivity index (χ3n) is 4.10. The minimum absolute atomic E-state index is 0.271. The van der Waals surface area contributed by atoms with Crippen molar-refractivity contribution in [2.45, 2.75) is 39.2 Å². The van der Waals surface area contributed by atoms with Crippen molar-refractivity contribution in [2.24, 2.45) is 0 Å². The van der Waals surface area contributed by atoms with Gasteiger partial charge in [-0.05, 0) is 42.3 Å². The molecule has 0 bridgehead atoms. The summed E-state index contributed by atoms with van der Waals surface area (Å²) in [5.41, 5.74) is 0.929. The van der Waals surface area contributed by atoms with Crippen molar-refractivity contribution in [2.75, 3.05) is 38.2 Å². The third kappa shape index (κ3) is 6.69. The van der Waals surface area contributed by atoms with Gasteiger partial charge in [-0.3, -0.25) is 0 Å². The normalized spacial score (nSPS) is 13.8. The number of benzene rings is 2. The van der Waals surface area contributed by atoms with Gasteiger partial charge < -0.3 is 14.7 Å². The van der Waals surface area contributed by atoms with E-state index in [2.05, 4.69) is 4.31 Å². The zero-order valence-corrected chi connectivity index (χ0v) is 18.4. The van der Waals surface area contributed by atoms with Gasteiger partial charge in [0, 0.05) is 36.6 Å². The van der Waals surface area contributed by atoms with E-state index in [-0.39, 0.29) is 12.4 Å². The second kappa shape index (κ2) is 13.4. The molecule has 1 N–H and O–H groups in total. The summed E-state index contributed by atoms with van der Waals surface area (Å²) in [5, 5.41) is 9.21. The second-order valence-electron chi connectivity index (χ2n) is 5.59. The van der Waals surface area contributed by atoms with Gasteiger partial charge >= 0.3 is 0 Å². The molecule has 0 radical (unpaired) electrons. The first-order valence-corrected chi connectivity index (χ1v) is 10.7. The highest BCUT2D eigenvalue weighted by Gasteiger charge is 2.21. The van der Waals surface area contributed by atoms with Crippen molar-refractivity contribution in [3.8, 4) is 5.75 Å². The molecule has 1 heterocycles. The first-order valence-electron chi connectivity index (χ1n) is 9.91. The summed E-state index contributed by atoms with van der Waals surface area (Å²) in [7, 11) is 1.66. The molecule has 6 heteroatoms. The highest BCUT2D eigenvalue weighted by molar-refractivity contribution is 7.97. The van der Waals surface area contributed by atoms with Crippen LogP contribution < -0.4 is 9.64 Å². The van der Waals surface area contributed by atoms with Gasteiger partial charge in [-0.25, -0.2) is 8.70 Å². The van der Waals surface area contributed by atoms with Crippen LogP contribution in [0.1, 0.15) is 33.3 Å². The van der Waals surface area contributed by atoms with Gasteiger partial charge in [0.15, 0.2) is 5.82 Å². The fourth-order valence-electron chi connectivity index (χ4n) is 2.74. The number of hydrogen-bond donors (Lipinski definition) is 1. The number of aliphatic hydroxyl groups is 1. The Hall–Kier alpha value is -1.76. The molecule has 2 aromatic carbocycles. The Kier molecular flexibility index (Phi) is 11.6. The predicted molar refractivity (Wildman–Crippen MR) is 118 cm³/mol. The number of hydrogen-bond acceptors (Lipinski definition) is 5. The Labute approximate surface area is 173 Å². The number of rotatable bonds is 5. The van der Waals surface area contributed by atoms with Crippen LogP contribution in [0.5, 0.6) is 5.75 Å². The van der Waals surface area contributed by atoms with Crippen molar-refractivity contribution in [3.05, 3.63) is 53.8 Å². The quantitative estimate of drug-likeness (QED) is 0.688. The van der Waals surface area contributed by atoms with E-state index < -0.39 is 0 Å². The van der Waals surface area contributed by atoms with E-state index >= 15 is 0 Å². The molecular weight excluding hydrogens is 375 g/mol. The summed E-state index contributed by atoms with van der Waals surface area (Å²) in [6, 6.07) is 13.2. The first-order chi connectivity index (χ1) is 13.7. The van der Waals surface area contributed by atoms with E-state index in [1.807, 2.05) is 56.9 Å². The van der Waals surface area contributed by atoms with Crippen molar-refractivity contribution in [3.63, 3.8) is 0 Å². The molecule has 0 aromatic heterocycles. The minimum atomic E-state index is -0.309. The van der Waals surface area contributed by atoms with Gasteiger partial charge in [0.2, 0.25) is 0 Å². The van der Waals surface area contributed by atoms with Gasteiger partial charge in [-0.1, -0.05) is 39.8 Å². The Morgan fingerprint density at radius 1 is 0.964 bits per heavy atom. The monoisotopic (exact) mass is 408 g/mol. The van der Waals surface area contributed by atoms with E-state index in [9.17, 15) is 9.50 Å². The molecule has 0 amide bonds. The number of piperazine rings is 1. The summed E-state index contributed by atoms with van der Waals surface area (Å²) in [5.74, 6) is 0.541. The van der Waals surface area contributed by atoms with Gasteiger partial charge in [0.05, 0.1) is 19.4 Å². The van der Waals surface area contributed by atoms with Crippen LogP contribution in [0.3, 0.4) is 0 Å². The predicted octanol–water partition coefficient (Wildman–Crippen LogP) is 5.21. The van der Waals surface area contributed by atoms with E-state index in [4.69, 9.17) is 4.74 Å². The number of nitrogens with zero attached hydrogens (tertiary/aromatic N) is 2. The van der Waals surface area contributed by atoms with Gasteiger partial charge in [0.25, 0.3) is 0 Å². The molecule has 2 aromatic rings. The molecule has 0 unspecified atom stereocenters. The van der Waals surface area contributed by atoms with E-state index in [0.717, 1.165) is 36.8 Å². The van der Waals surface area contributed by atoms with Gasteiger partial charge in [0.1, 0.15) is 5.75 Å². The summed E-state index contributed by atoms with van der Waals surface area (Å²) >= 11 is 1.71. The van der Waals surface area contributed by atoms with E-state index in [1.165, 1.54) is 0 Å². The molecule has 3 rings (SSSR count). The standard InChI is InChI=1S/C18H21FN2O2S.2C2H6/c1-23-15-5-7-16(8-6-15)24-21-11-9-20(10-12-21)17-4-2-3-14(13-22)18(17)19;2*1-2/h2-8,22H,9-13H2,1H3;2*1-2H3. The molecular formula is C22H33FN2O2S. The fraction of sp³-hybridized carbons (Fsp3) is 0.455. The SMILES string of the molecule is CC.CC.COc1ccc(SN2CCN(c3cccc(CO)c3F)CC2)cc1. The summed E-state index contributed by atoms with van der Waals surface area (Å²) in [6.45, 7) is 10.9. The highest BCUT2D eigenvalue weighted by Crippen LogP contribution is 2.28. The molecule has 1 aliphatic rings. The van der Waals surface area contributed by atoms with Crippen LogP contribution in [0.15, 0.2) is 47.4 Å². The highest BCUT2D eigenvalue weighted by atomic mass is 32.2. The number of anilines is 1. The van der Waals surface area contributed by atoms with Crippen LogP contribution in [-0.2, 0) is 6.61 Å². The summed E-state index contributed by atoms with van der Waals surface area (Å²) < 4.78 is 21.8. The van der Waals surface area contributed by atoms with Crippen LogP contribution in [0.25, 0.3) is 0 Å². The van der Waals surface area contributed by atoms with Crippen molar-refractivity contribution in [1.29, 1.82) is 0 Å². The van der Waals surface area contributed by atoms with E-state index in [0.29, 0.717) is 11.3 Å². The lowest BCUT2D eigenvalue weighted by atomic mass is 10.1. The van der Waals surface area contributed by atoms with Crippen LogP contribution >= 0.6 is 11.9 Å². The zero-order chi connectivity index (χ0) is 20.9. The van der Waals surface area contributed by atoms with Crippen LogP contribution in [0.2, 0.25) is 0 Å². The molecule has 4 nitrogen and oxygen atoms in total. The van der Waals surface area contributed by atoms with Gasteiger partial charge in [-0.2, -0.15) is 0 Å². The summed E-state index contributed by atoms with van der Waals surface area (Å²) in [6.07, 6.45) is 0. The second-order valence-corrected chi connectivity index (χ2v) is 6.76. The molecule has 28 heavy (non-hydrogen) atoms. The van der Waals surface area contributed by atoms with Crippen LogP contribution in [-0.4, -0.2) is 42.7 Å². The first kappa shape index (κ1) is 24.3. The molecule has 0 atom stereocenters. The maximum absolute atomic E-state index is 14.3. The van der Waals surface area contributed by atoms with Crippen molar-refractivity contribution < 1.29 is 14.2 Å². The molecule has 0 aliphatic carbocycles. The Morgan fingerprint density at radius 2 is 1.57 bits per heavy atom. The lowest BCUT2D eigenvalue weighted by Crippen LogP contribution is -2.43. The lowest BCUT2D eigenvalue weighted by Gasteiger charge is -2.35. The molecule has 1 fully saturated rings. The van der Waals surface area contributed by atoms with E-state index in [1.54, 1.807) is 37.3 Å². The Morgan fingerprint density at radius 3 is 2.11 bits per heavy atom. The average molecular weight is 409 g/mol. The number of halogens is 1. The number of aliphatic hydroxyl groups excluding tert-OH is 1. The Bertz CT molecular complexity index is 675. The number of ether oxygens (including phenoxy) is 1. The fourth-order valence-corrected chi connectivity index (χ4v) is 3.64. The molecule has 156 valence electrons. The smallest absolute Gasteiger partial charge is 0.151 e. The summed E-state index contributed by atoms with van der Waals surface area (Å²) in [4.78, 5) is 3.21. The molecule has 1 aliphatic heterocycles. The maximum atomic E-state index is 14.3. The third-order valence-corrected chi connectivity index (χ3v) is 5.21. The van der Waals surface area contributed by atoms with Crippen molar-refractivity contribution >= 4 is 17.6 Å². The largest absolute Gasteiger partial charge is 0.497 e. The maximum Gasteiger partial charge on any atom is 0.151 e. The zero-order valence-electron chi connectivity index (χ0n) is 17.6.